The van der Waals surface area contributed by atoms with Crippen LogP contribution in [0.5, 0.6) is 0 Å². The van der Waals surface area contributed by atoms with Crippen molar-refractivity contribution in [2.24, 2.45) is 0 Å². The van der Waals surface area contributed by atoms with Crippen LogP contribution >= 0.6 is 0 Å². The van der Waals surface area contributed by atoms with Crippen molar-refractivity contribution in [3.05, 3.63) is 36.0 Å². The van der Waals surface area contributed by atoms with Gasteiger partial charge < -0.3 is 9.32 Å². The highest BCUT2D eigenvalue weighted by atomic mass is 19.1. The number of hydrogen-bond acceptors (Lipinski definition) is 4. The summed E-state index contributed by atoms with van der Waals surface area (Å²) in [6.45, 7) is 3.37. The van der Waals surface area contributed by atoms with E-state index in [1.807, 2.05) is 11.8 Å². The van der Waals surface area contributed by atoms with Gasteiger partial charge in [-0.05, 0) is 31.4 Å². The van der Waals surface area contributed by atoms with Gasteiger partial charge in [0.15, 0.2) is 0 Å². The molecule has 23 heavy (non-hydrogen) atoms. The number of halogens is 1. The van der Waals surface area contributed by atoms with Gasteiger partial charge in [-0.25, -0.2) is 4.39 Å². The van der Waals surface area contributed by atoms with Crippen molar-refractivity contribution in [1.82, 2.24) is 15.1 Å². The van der Waals surface area contributed by atoms with Gasteiger partial charge in [-0.15, -0.1) is 10.2 Å². The number of piperidine rings is 1. The van der Waals surface area contributed by atoms with Gasteiger partial charge in [-0.1, -0.05) is 19.1 Å². The van der Waals surface area contributed by atoms with Gasteiger partial charge in [0, 0.05) is 19.5 Å². The summed E-state index contributed by atoms with van der Waals surface area (Å²) in [5.41, 5.74) is 0.306. The Morgan fingerprint density at radius 2 is 2.22 bits per heavy atom. The second-order valence-electron chi connectivity index (χ2n) is 5.85. The Hall–Kier alpha value is -2.24. The molecule has 6 heteroatoms. The molecule has 1 fully saturated rings. The number of likely N-dealkylation sites (tertiary alicyclic amines) is 1. The van der Waals surface area contributed by atoms with Crippen LogP contribution in [0.25, 0.3) is 11.5 Å². The van der Waals surface area contributed by atoms with Crippen molar-refractivity contribution in [3.63, 3.8) is 0 Å². The van der Waals surface area contributed by atoms with E-state index < -0.39 is 0 Å². The van der Waals surface area contributed by atoms with Gasteiger partial charge >= 0.3 is 0 Å². The van der Waals surface area contributed by atoms with E-state index in [2.05, 4.69) is 10.2 Å². The molecule has 0 radical (unpaired) electrons. The van der Waals surface area contributed by atoms with E-state index in [0.717, 1.165) is 25.8 Å². The molecule has 1 aromatic heterocycles. The van der Waals surface area contributed by atoms with Crippen LogP contribution in [0, 0.1) is 5.82 Å². The van der Waals surface area contributed by atoms with Gasteiger partial charge in [0.25, 0.3) is 5.89 Å². The predicted octanol–water partition coefficient (Wildman–Crippen LogP) is 3.38. The number of nitrogens with zero attached hydrogens (tertiary/aromatic N) is 3. The molecular formula is C17H20FN3O2. The van der Waals surface area contributed by atoms with Crippen molar-refractivity contribution >= 4 is 5.91 Å². The molecule has 1 saturated heterocycles. The minimum absolute atomic E-state index is 0.0255. The second-order valence-corrected chi connectivity index (χ2v) is 5.85. The lowest BCUT2D eigenvalue weighted by atomic mass is 9.97. The summed E-state index contributed by atoms with van der Waals surface area (Å²) in [6.07, 6.45) is 3.22. The monoisotopic (exact) mass is 317 g/mol. The fraction of sp³-hybridized carbons (Fsp3) is 0.471. The number of benzene rings is 1. The fourth-order valence-electron chi connectivity index (χ4n) is 2.92. The second kappa shape index (κ2) is 6.89. The molecule has 122 valence electrons. The molecule has 0 N–H and O–H groups in total. The quantitative estimate of drug-likeness (QED) is 0.867. The fourth-order valence-corrected chi connectivity index (χ4v) is 2.92. The summed E-state index contributed by atoms with van der Waals surface area (Å²) < 4.78 is 19.5. The van der Waals surface area contributed by atoms with Gasteiger partial charge in [0.1, 0.15) is 5.82 Å². The molecular weight excluding hydrogens is 297 g/mol. The van der Waals surface area contributed by atoms with Crippen LogP contribution in [-0.4, -0.2) is 34.1 Å². The number of amides is 1. The highest BCUT2D eigenvalue weighted by Crippen LogP contribution is 2.29. The van der Waals surface area contributed by atoms with E-state index in [-0.39, 0.29) is 23.5 Å². The minimum Gasteiger partial charge on any atom is -0.420 e. The zero-order valence-corrected chi connectivity index (χ0v) is 13.2. The lowest BCUT2D eigenvalue weighted by Gasteiger charge is -2.31. The molecule has 1 aliphatic rings. The molecule has 5 nitrogen and oxygen atoms in total. The molecule has 2 heterocycles. The number of rotatable bonds is 4. The maximum absolute atomic E-state index is 13.8. The first kappa shape index (κ1) is 15.6. The van der Waals surface area contributed by atoms with E-state index in [0.29, 0.717) is 24.4 Å². The van der Waals surface area contributed by atoms with Crippen molar-refractivity contribution in [1.29, 1.82) is 0 Å². The minimum atomic E-state index is -0.383. The van der Waals surface area contributed by atoms with Crippen molar-refractivity contribution in [2.75, 3.05) is 13.1 Å². The molecule has 2 aromatic rings. The molecule has 1 aliphatic heterocycles. The average Bonchev–Trinajstić information content (AvgIpc) is 3.05. The molecule has 0 bridgehead atoms. The number of carbonyl (C=O) groups is 1. The van der Waals surface area contributed by atoms with Crippen LogP contribution in [0.2, 0.25) is 0 Å². The summed E-state index contributed by atoms with van der Waals surface area (Å²) in [7, 11) is 0. The average molecular weight is 317 g/mol. The lowest BCUT2D eigenvalue weighted by molar-refractivity contribution is -0.132. The van der Waals surface area contributed by atoms with Crippen LogP contribution in [0.4, 0.5) is 4.39 Å². The summed E-state index contributed by atoms with van der Waals surface area (Å²) in [5.74, 6) is 0.488. The Bertz CT molecular complexity index is 686. The van der Waals surface area contributed by atoms with E-state index in [9.17, 15) is 9.18 Å². The molecule has 1 amide bonds. The molecule has 0 unspecified atom stereocenters. The maximum atomic E-state index is 13.8. The molecule has 1 aromatic carbocycles. The van der Waals surface area contributed by atoms with Crippen molar-refractivity contribution in [2.45, 2.75) is 38.5 Å². The Morgan fingerprint density at radius 1 is 1.39 bits per heavy atom. The molecule has 0 aliphatic carbocycles. The SMILES string of the molecule is CCCC(=O)N1CCC[C@@H](c2nnc(-c3ccccc3F)o2)C1. The van der Waals surface area contributed by atoms with Crippen molar-refractivity contribution < 1.29 is 13.6 Å². The Labute approximate surface area is 134 Å². The van der Waals surface area contributed by atoms with E-state index in [1.54, 1.807) is 18.2 Å². The highest BCUT2D eigenvalue weighted by Gasteiger charge is 2.28. The lowest BCUT2D eigenvalue weighted by Crippen LogP contribution is -2.39. The first-order chi connectivity index (χ1) is 11.2. The summed E-state index contributed by atoms with van der Waals surface area (Å²) in [4.78, 5) is 13.9. The third-order valence-corrected chi connectivity index (χ3v) is 4.13. The van der Waals surface area contributed by atoms with Crippen LogP contribution in [-0.2, 0) is 4.79 Å². The van der Waals surface area contributed by atoms with Crippen LogP contribution in [0.1, 0.15) is 44.4 Å². The van der Waals surface area contributed by atoms with Gasteiger partial charge in [0.05, 0.1) is 11.5 Å². The summed E-state index contributed by atoms with van der Waals surface area (Å²) in [6, 6.07) is 6.33. The normalized spacial score (nSPS) is 18.2. The zero-order valence-electron chi connectivity index (χ0n) is 13.2. The third-order valence-electron chi connectivity index (χ3n) is 4.13. The topological polar surface area (TPSA) is 59.2 Å². The standard InChI is InChI=1S/C17H20FN3O2/c1-2-6-15(22)21-10-5-7-12(11-21)16-19-20-17(23-16)13-8-3-4-9-14(13)18/h3-4,8-9,12H,2,5-7,10-11H2,1H3/t12-/m1/s1. The zero-order chi connectivity index (χ0) is 16.2. The van der Waals surface area contributed by atoms with E-state index in [1.165, 1.54) is 6.07 Å². The summed E-state index contributed by atoms with van der Waals surface area (Å²) in [5, 5.41) is 8.04. The highest BCUT2D eigenvalue weighted by molar-refractivity contribution is 5.76. The molecule has 1 atom stereocenters. The van der Waals surface area contributed by atoms with E-state index >= 15 is 0 Å². The largest absolute Gasteiger partial charge is 0.420 e. The first-order valence-corrected chi connectivity index (χ1v) is 8.05. The Balaban J connectivity index is 1.75. The molecule has 3 rings (SSSR count). The van der Waals surface area contributed by atoms with E-state index in [4.69, 9.17) is 4.42 Å². The number of carbonyl (C=O) groups excluding carboxylic acids is 1. The first-order valence-electron chi connectivity index (χ1n) is 8.05. The third kappa shape index (κ3) is 3.41. The van der Waals surface area contributed by atoms with Crippen LogP contribution in [0.15, 0.2) is 28.7 Å². The Morgan fingerprint density at radius 3 is 3.00 bits per heavy atom. The number of hydrogen-bond donors (Lipinski definition) is 0. The van der Waals surface area contributed by atoms with Crippen molar-refractivity contribution in [3.8, 4) is 11.5 Å². The smallest absolute Gasteiger partial charge is 0.250 e. The van der Waals surface area contributed by atoms with Crippen LogP contribution < -0.4 is 0 Å². The molecule has 0 spiro atoms. The maximum Gasteiger partial charge on any atom is 0.250 e. The number of aromatic nitrogens is 2. The Kier molecular flexibility index (Phi) is 4.69. The summed E-state index contributed by atoms with van der Waals surface area (Å²) >= 11 is 0. The van der Waals surface area contributed by atoms with Crippen LogP contribution in [0.3, 0.4) is 0 Å². The van der Waals surface area contributed by atoms with Gasteiger partial charge in [-0.3, -0.25) is 4.79 Å². The van der Waals surface area contributed by atoms with Gasteiger partial charge in [0.2, 0.25) is 11.8 Å². The van der Waals surface area contributed by atoms with Gasteiger partial charge in [-0.2, -0.15) is 0 Å². The molecule has 0 saturated carbocycles. The predicted molar refractivity (Wildman–Crippen MR) is 83.2 cm³/mol.